The van der Waals surface area contributed by atoms with E-state index in [0.29, 0.717) is 16.3 Å². The summed E-state index contributed by atoms with van der Waals surface area (Å²) in [5, 5.41) is 4.35. The quantitative estimate of drug-likeness (QED) is 0.772. The maximum absolute atomic E-state index is 12.2. The Kier molecular flexibility index (Phi) is 4.04. The molecule has 5 nitrogen and oxygen atoms in total. The third-order valence-electron chi connectivity index (χ3n) is 3.53. The van der Waals surface area contributed by atoms with Crippen LogP contribution in [0.3, 0.4) is 0 Å². The zero-order valence-electron chi connectivity index (χ0n) is 12.1. The standard InChI is InChI=1S/C17H14ClN3O2/c18-14-2-1-3-15-13(14)8-9-21(15)10-16(22)20-12-6-4-11(5-7-12)17(19)23/h1-9H,10H2,(H2,19,23)(H,20,22). The molecular weight excluding hydrogens is 314 g/mol. The fraction of sp³-hybridized carbons (Fsp3) is 0.0588. The first-order chi connectivity index (χ1) is 11.0. The van der Waals surface area contributed by atoms with Gasteiger partial charge < -0.3 is 15.6 Å². The lowest BCUT2D eigenvalue weighted by Crippen LogP contribution is -2.18. The summed E-state index contributed by atoms with van der Waals surface area (Å²) in [7, 11) is 0. The number of anilines is 1. The summed E-state index contributed by atoms with van der Waals surface area (Å²) in [5.74, 6) is -0.673. The molecule has 0 aliphatic rings. The number of rotatable bonds is 4. The highest BCUT2D eigenvalue weighted by molar-refractivity contribution is 6.35. The number of primary amides is 1. The van der Waals surface area contributed by atoms with Gasteiger partial charge in [-0.2, -0.15) is 0 Å². The second-order valence-corrected chi connectivity index (χ2v) is 5.51. The summed E-state index contributed by atoms with van der Waals surface area (Å²) in [5.41, 5.74) is 7.08. The Morgan fingerprint density at radius 1 is 1.09 bits per heavy atom. The molecule has 23 heavy (non-hydrogen) atoms. The van der Waals surface area contributed by atoms with E-state index in [0.717, 1.165) is 10.9 Å². The Balaban J connectivity index is 1.73. The van der Waals surface area contributed by atoms with Gasteiger partial charge in [0.1, 0.15) is 6.54 Å². The molecule has 2 aromatic carbocycles. The predicted molar refractivity (Wildman–Crippen MR) is 90.5 cm³/mol. The predicted octanol–water partition coefficient (Wildman–Crippen LogP) is 3.03. The molecule has 3 N–H and O–H groups in total. The van der Waals surface area contributed by atoms with Gasteiger partial charge in [-0.05, 0) is 42.5 Å². The first-order valence-corrected chi connectivity index (χ1v) is 7.35. The van der Waals surface area contributed by atoms with Gasteiger partial charge in [0.2, 0.25) is 11.8 Å². The molecule has 0 unspecified atom stereocenters. The Hall–Kier alpha value is -2.79. The molecule has 1 heterocycles. The van der Waals surface area contributed by atoms with Gasteiger partial charge in [0, 0.05) is 33.4 Å². The third kappa shape index (κ3) is 3.19. The summed E-state index contributed by atoms with van der Waals surface area (Å²) in [4.78, 5) is 23.2. The smallest absolute Gasteiger partial charge is 0.248 e. The van der Waals surface area contributed by atoms with Crippen LogP contribution in [-0.4, -0.2) is 16.4 Å². The van der Waals surface area contributed by atoms with Crippen molar-refractivity contribution in [2.45, 2.75) is 6.54 Å². The van der Waals surface area contributed by atoms with E-state index in [-0.39, 0.29) is 12.5 Å². The van der Waals surface area contributed by atoms with Gasteiger partial charge in [-0.25, -0.2) is 0 Å². The summed E-state index contributed by atoms with van der Waals surface area (Å²) < 4.78 is 1.83. The number of halogens is 1. The first kappa shape index (κ1) is 15.1. The minimum atomic E-state index is -0.501. The molecule has 3 rings (SSSR count). The first-order valence-electron chi connectivity index (χ1n) is 6.97. The average molecular weight is 328 g/mol. The highest BCUT2D eigenvalue weighted by Gasteiger charge is 2.08. The third-order valence-corrected chi connectivity index (χ3v) is 3.86. The molecule has 0 atom stereocenters. The van der Waals surface area contributed by atoms with E-state index in [1.807, 2.05) is 35.0 Å². The molecule has 0 saturated carbocycles. The number of nitrogens with one attached hydrogen (secondary N) is 1. The molecule has 0 radical (unpaired) electrons. The van der Waals surface area contributed by atoms with E-state index in [1.165, 1.54) is 0 Å². The number of carbonyl (C=O) groups excluding carboxylic acids is 2. The van der Waals surface area contributed by atoms with Crippen molar-refractivity contribution in [3.63, 3.8) is 0 Å². The molecule has 0 saturated heterocycles. The maximum Gasteiger partial charge on any atom is 0.248 e. The van der Waals surface area contributed by atoms with Crippen molar-refractivity contribution in [2.24, 2.45) is 5.73 Å². The Bertz CT molecular complexity index is 884. The summed E-state index contributed by atoms with van der Waals surface area (Å²) in [6.07, 6.45) is 1.83. The number of aromatic nitrogens is 1. The molecule has 116 valence electrons. The minimum absolute atomic E-state index is 0.168. The van der Waals surface area contributed by atoms with Gasteiger partial charge >= 0.3 is 0 Å². The summed E-state index contributed by atoms with van der Waals surface area (Å²) in [6.45, 7) is 0.168. The second-order valence-electron chi connectivity index (χ2n) is 5.11. The molecule has 0 bridgehead atoms. The van der Waals surface area contributed by atoms with Gasteiger partial charge in [-0.15, -0.1) is 0 Å². The van der Waals surface area contributed by atoms with Crippen LogP contribution in [0.25, 0.3) is 10.9 Å². The highest BCUT2D eigenvalue weighted by Crippen LogP contribution is 2.24. The van der Waals surface area contributed by atoms with Crippen LogP contribution in [0.1, 0.15) is 10.4 Å². The zero-order chi connectivity index (χ0) is 16.4. The van der Waals surface area contributed by atoms with E-state index in [1.54, 1.807) is 24.3 Å². The van der Waals surface area contributed by atoms with Crippen LogP contribution in [0.15, 0.2) is 54.7 Å². The van der Waals surface area contributed by atoms with Crippen LogP contribution in [0.4, 0.5) is 5.69 Å². The Labute approximate surface area is 137 Å². The molecule has 0 fully saturated rings. The van der Waals surface area contributed by atoms with Gasteiger partial charge in [0.15, 0.2) is 0 Å². The van der Waals surface area contributed by atoms with Crippen molar-refractivity contribution in [3.05, 3.63) is 65.3 Å². The number of benzene rings is 2. The average Bonchev–Trinajstić information content (AvgIpc) is 2.92. The van der Waals surface area contributed by atoms with Crippen LogP contribution in [0.5, 0.6) is 0 Å². The van der Waals surface area contributed by atoms with Crippen molar-refractivity contribution in [2.75, 3.05) is 5.32 Å². The van der Waals surface area contributed by atoms with Crippen LogP contribution >= 0.6 is 11.6 Å². The number of hydrogen-bond donors (Lipinski definition) is 2. The van der Waals surface area contributed by atoms with E-state index in [4.69, 9.17) is 17.3 Å². The zero-order valence-corrected chi connectivity index (χ0v) is 12.9. The molecule has 0 spiro atoms. The molecule has 0 aliphatic heterocycles. The topological polar surface area (TPSA) is 77.1 Å². The highest BCUT2D eigenvalue weighted by atomic mass is 35.5. The molecule has 6 heteroatoms. The molecule has 2 amide bonds. The summed E-state index contributed by atoms with van der Waals surface area (Å²) >= 11 is 6.13. The fourth-order valence-electron chi connectivity index (χ4n) is 2.40. The van der Waals surface area contributed by atoms with Crippen molar-refractivity contribution in [3.8, 4) is 0 Å². The van der Waals surface area contributed by atoms with Crippen LogP contribution in [-0.2, 0) is 11.3 Å². The number of carbonyl (C=O) groups is 2. The Morgan fingerprint density at radius 2 is 1.83 bits per heavy atom. The molecule has 0 aliphatic carbocycles. The van der Waals surface area contributed by atoms with Gasteiger partial charge in [0.05, 0.1) is 0 Å². The van der Waals surface area contributed by atoms with Crippen molar-refractivity contribution < 1.29 is 9.59 Å². The molecule has 1 aromatic heterocycles. The van der Waals surface area contributed by atoms with Crippen molar-refractivity contribution in [1.29, 1.82) is 0 Å². The summed E-state index contributed by atoms with van der Waals surface area (Å²) in [6, 6.07) is 13.9. The van der Waals surface area contributed by atoms with Gasteiger partial charge in [-0.3, -0.25) is 9.59 Å². The van der Waals surface area contributed by atoms with Gasteiger partial charge in [0.25, 0.3) is 0 Å². The van der Waals surface area contributed by atoms with Crippen molar-refractivity contribution >= 4 is 40.0 Å². The van der Waals surface area contributed by atoms with Crippen molar-refractivity contribution in [1.82, 2.24) is 4.57 Å². The van der Waals surface area contributed by atoms with Crippen LogP contribution in [0.2, 0.25) is 5.02 Å². The number of amides is 2. The largest absolute Gasteiger partial charge is 0.366 e. The molecular formula is C17H14ClN3O2. The van der Waals surface area contributed by atoms with Crippen LogP contribution in [0, 0.1) is 0 Å². The van der Waals surface area contributed by atoms with E-state index >= 15 is 0 Å². The SMILES string of the molecule is NC(=O)c1ccc(NC(=O)Cn2ccc3c(Cl)cccc32)cc1. The fourth-order valence-corrected chi connectivity index (χ4v) is 2.63. The lowest BCUT2D eigenvalue weighted by atomic mass is 10.2. The molecule has 3 aromatic rings. The van der Waals surface area contributed by atoms with E-state index in [2.05, 4.69) is 5.32 Å². The lowest BCUT2D eigenvalue weighted by molar-refractivity contribution is -0.116. The monoisotopic (exact) mass is 327 g/mol. The maximum atomic E-state index is 12.2. The van der Waals surface area contributed by atoms with Crippen LogP contribution < -0.4 is 11.1 Å². The normalized spacial score (nSPS) is 10.7. The Morgan fingerprint density at radius 3 is 2.52 bits per heavy atom. The van der Waals surface area contributed by atoms with Gasteiger partial charge in [-0.1, -0.05) is 17.7 Å². The lowest BCUT2D eigenvalue weighted by Gasteiger charge is -2.08. The number of fused-ring (bicyclic) bond motifs is 1. The number of nitrogens with zero attached hydrogens (tertiary/aromatic N) is 1. The van der Waals surface area contributed by atoms with E-state index in [9.17, 15) is 9.59 Å². The number of nitrogens with two attached hydrogens (primary N) is 1. The number of hydrogen-bond acceptors (Lipinski definition) is 2. The second kappa shape index (κ2) is 6.14. The van der Waals surface area contributed by atoms with E-state index < -0.39 is 5.91 Å². The minimum Gasteiger partial charge on any atom is -0.366 e.